The quantitative estimate of drug-likeness (QED) is 0.810. The maximum Gasteiger partial charge on any atom is 0.0931 e. The van der Waals surface area contributed by atoms with Crippen LogP contribution in [0.4, 0.5) is 5.69 Å². The first-order chi connectivity index (χ1) is 7.38. The molecule has 0 radical (unpaired) electrons. The van der Waals surface area contributed by atoms with Crippen LogP contribution in [-0.4, -0.2) is 34.4 Å². The van der Waals surface area contributed by atoms with E-state index in [4.69, 9.17) is 0 Å². The van der Waals surface area contributed by atoms with Crippen molar-refractivity contribution in [2.75, 3.05) is 18.6 Å². The molecule has 1 heterocycles. The summed E-state index contributed by atoms with van der Waals surface area (Å²) in [6.45, 7) is 5.66. The highest BCUT2D eigenvalue weighted by atomic mass is 16.3. The van der Waals surface area contributed by atoms with E-state index >= 15 is 0 Å². The summed E-state index contributed by atoms with van der Waals surface area (Å²) in [5, 5.41) is 18.6. The number of aromatic nitrogens is 1. The number of rotatable bonds is 4. The van der Waals surface area contributed by atoms with Gasteiger partial charge in [0.2, 0.25) is 0 Å². The Morgan fingerprint density at radius 3 is 2.44 bits per heavy atom. The molecule has 1 aromatic rings. The SMILES string of the molecule is C[C@H](O)c1ccc(N(C)C(C)(C)CO)cn1. The van der Waals surface area contributed by atoms with Crippen LogP contribution in [0.3, 0.4) is 0 Å². The molecule has 16 heavy (non-hydrogen) atoms. The lowest BCUT2D eigenvalue weighted by molar-refractivity contribution is 0.194. The summed E-state index contributed by atoms with van der Waals surface area (Å²) in [5.41, 5.74) is 1.25. The zero-order chi connectivity index (χ0) is 12.3. The van der Waals surface area contributed by atoms with Gasteiger partial charge in [-0.2, -0.15) is 0 Å². The number of hydrogen-bond donors (Lipinski definition) is 2. The maximum atomic E-state index is 9.34. The predicted molar refractivity (Wildman–Crippen MR) is 64.4 cm³/mol. The molecule has 0 spiro atoms. The van der Waals surface area contributed by atoms with Crippen LogP contribution < -0.4 is 4.90 Å². The lowest BCUT2D eigenvalue weighted by Crippen LogP contribution is -2.44. The molecule has 0 aromatic carbocycles. The monoisotopic (exact) mass is 224 g/mol. The molecule has 2 N–H and O–H groups in total. The molecule has 0 unspecified atom stereocenters. The third-order valence-corrected chi connectivity index (χ3v) is 2.88. The van der Waals surface area contributed by atoms with Crippen LogP contribution in [0, 0.1) is 0 Å². The van der Waals surface area contributed by atoms with Gasteiger partial charge in [0.1, 0.15) is 0 Å². The number of aliphatic hydroxyl groups is 2. The van der Waals surface area contributed by atoms with E-state index in [9.17, 15) is 10.2 Å². The summed E-state index contributed by atoms with van der Waals surface area (Å²) in [6, 6.07) is 3.69. The Kier molecular flexibility index (Phi) is 3.88. The molecule has 4 heteroatoms. The number of likely N-dealkylation sites (N-methyl/N-ethyl adjacent to an activating group) is 1. The van der Waals surface area contributed by atoms with Gasteiger partial charge in [-0.25, -0.2) is 0 Å². The summed E-state index contributed by atoms with van der Waals surface area (Å²) in [4.78, 5) is 6.14. The Labute approximate surface area is 96.6 Å². The minimum absolute atomic E-state index is 0.0711. The van der Waals surface area contributed by atoms with Crippen molar-refractivity contribution >= 4 is 5.69 Å². The van der Waals surface area contributed by atoms with Crippen molar-refractivity contribution in [2.45, 2.75) is 32.4 Å². The van der Waals surface area contributed by atoms with Crippen LogP contribution in [0.5, 0.6) is 0 Å². The molecule has 0 aliphatic heterocycles. The predicted octanol–water partition coefficient (Wildman–Crippen LogP) is 1.34. The highest BCUT2D eigenvalue weighted by Crippen LogP contribution is 2.22. The summed E-state index contributed by atoms with van der Waals surface area (Å²) in [6.07, 6.45) is 1.16. The lowest BCUT2D eigenvalue weighted by Gasteiger charge is -2.35. The number of aliphatic hydroxyl groups excluding tert-OH is 2. The zero-order valence-corrected chi connectivity index (χ0v) is 10.3. The summed E-state index contributed by atoms with van der Waals surface area (Å²) >= 11 is 0. The van der Waals surface area contributed by atoms with Crippen LogP contribution >= 0.6 is 0 Å². The summed E-state index contributed by atoms with van der Waals surface area (Å²) in [7, 11) is 1.91. The van der Waals surface area contributed by atoms with E-state index in [1.807, 2.05) is 31.9 Å². The molecule has 1 atom stereocenters. The Balaban J connectivity index is 2.90. The molecule has 1 rings (SSSR count). The summed E-state index contributed by atoms with van der Waals surface area (Å²) < 4.78 is 0. The Morgan fingerprint density at radius 2 is 2.06 bits per heavy atom. The second-order valence-electron chi connectivity index (χ2n) is 4.65. The molecule has 0 bridgehead atoms. The van der Waals surface area contributed by atoms with Crippen LogP contribution in [0.25, 0.3) is 0 Å². The third-order valence-electron chi connectivity index (χ3n) is 2.88. The molecule has 1 aromatic heterocycles. The minimum atomic E-state index is -0.551. The van der Waals surface area contributed by atoms with Gasteiger partial charge in [-0.1, -0.05) is 0 Å². The van der Waals surface area contributed by atoms with E-state index in [0.717, 1.165) is 5.69 Å². The molecule has 4 nitrogen and oxygen atoms in total. The van der Waals surface area contributed by atoms with Crippen LogP contribution in [0.2, 0.25) is 0 Å². The highest BCUT2D eigenvalue weighted by Gasteiger charge is 2.22. The van der Waals surface area contributed by atoms with Crippen molar-refractivity contribution in [2.24, 2.45) is 0 Å². The molecule has 90 valence electrons. The van der Waals surface area contributed by atoms with Gasteiger partial charge in [0, 0.05) is 7.05 Å². The topological polar surface area (TPSA) is 56.6 Å². The van der Waals surface area contributed by atoms with Gasteiger partial charge in [-0.05, 0) is 32.9 Å². The smallest absolute Gasteiger partial charge is 0.0931 e. The van der Waals surface area contributed by atoms with Crippen LogP contribution in [0.1, 0.15) is 32.6 Å². The van der Waals surface area contributed by atoms with E-state index in [0.29, 0.717) is 5.69 Å². The van der Waals surface area contributed by atoms with Crippen molar-refractivity contribution in [3.8, 4) is 0 Å². The molecular formula is C12H20N2O2. The van der Waals surface area contributed by atoms with E-state index in [-0.39, 0.29) is 12.1 Å². The Bertz CT molecular complexity index is 333. The van der Waals surface area contributed by atoms with E-state index in [1.54, 1.807) is 19.2 Å². The fraction of sp³-hybridized carbons (Fsp3) is 0.583. The van der Waals surface area contributed by atoms with Gasteiger partial charge in [0.15, 0.2) is 0 Å². The van der Waals surface area contributed by atoms with Crippen LogP contribution in [-0.2, 0) is 0 Å². The van der Waals surface area contributed by atoms with Crippen molar-refractivity contribution in [3.05, 3.63) is 24.0 Å². The van der Waals surface area contributed by atoms with Crippen molar-refractivity contribution in [1.29, 1.82) is 0 Å². The molecule has 0 saturated carbocycles. The summed E-state index contributed by atoms with van der Waals surface area (Å²) in [5.74, 6) is 0. The molecule has 0 aliphatic carbocycles. The number of anilines is 1. The second-order valence-corrected chi connectivity index (χ2v) is 4.65. The van der Waals surface area contributed by atoms with Gasteiger partial charge >= 0.3 is 0 Å². The molecule has 0 fully saturated rings. The standard InChI is InChI=1S/C12H20N2O2/c1-9(16)11-6-5-10(7-13-11)14(4)12(2,3)8-15/h5-7,9,15-16H,8H2,1-4H3/t9-/m0/s1. The Hall–Kier alpha value is -1.13. The third kappa shape index (κ3) is 2.71. The van der Waals surface area contributed by atoms with Gasteiger partial charge in [-0.15, -0.1) is 0 Å². The first-order valence-electron chi connectivity index (χ1n) is 5.37. The average Bonchev–Trinajstić information content (AvgIpc) is 2.28. The first-order valence-corrected chi connectivity index (χ1v) is 5.37. The maximum absolute atomic E-state index is 9.34. The van der Waals surface area contributed by atoms with Gasteiger partial charge in [-0.3, -0.25) is 4.98 Å². The zero-order valence-electron chi connectivity index (χ0n) is 10.3. The van der Waals surface area contributed by atoms with Crippen LogP contribution in [0.15, 0.2) is 18.3 Å². The largest absolute Gasteiger partial charge is 0.394 e. The minimum Gasteiger partial charge on any atom is -0.394 e. The Morgan fingerprint density at radius 1 is 1.44 bits per heavy atom. The number of pyridine rings is 1. The van der Waals surface area contributed by atoms with Gasteiger partial charge < -0.3 is 15.1 Å². The van der Waals surface area contributed by atoms with Gasteiger partial charge in [0.05, 0.1) is 35.8 Å². The van der Waals surface area contributed by atoms with Crippen molar-refractivity contribution in [3.63, 3.8) is 0 Å². The fourth-order valence-electron chi connectivity index (χ4n) is 1.30. The average molecular weight is 224 g/mol. The molecule has 0 aliphatic rings. The fourth-order valence-corrected chi connectivity index (χ4v) is 1.30. The normalized spacial score (nSPS) is 13.6. The van der Waals surface area contributed by atoms with E-state index in [1.165, 1.54) is 0 Å². The number of hydrogen-bond acceptors (Lipinski definition) is 4. The van der Waals surface area contributed by atoms with E-state index < -0.39 is 6.10 Å². The van der Waals surface area contributed by atoms with Gasteiger partial charge in [0.25, 0.3) is 0 Å². The van der Waals surface area contributed by atoms with Crippen molar-refractivity contribution < 1.29 is 10.2 Å². The molecular weight excluding hydrogens is 204 g/mol. The molecule has 0 saturated heterocycles. The lowest BCUT2D eigenvalue weighted by atomic mass is 10.0. The number of nitrogens with zero attached hydrogens (tertiary/aromatic N) is 2. The second kappa shape index (κ2) is 4.80. The van der Waals surface area contributed by atoms with E-state index in [2.05, 4.69) is 4.98 Å². The highest BCUT2D eigenvalue weighted by molar-refractivity contribution is 5.46. The molecule has 0 amide bonds. The van der Waals surface area contributed by atoms with Crippen molar-refractivity contribution in [1.82, 2.24) is 4.98 Å². The first kappa shape index (κ1) is 12.9.